The Morgan fingerprint density at radius 2 is 2.12 bits per heavy atom. The fourth-order valence-corrected chi connectivity index (χ4v) is 2.94. The number of rotatable bonds is 6. The summed E-state index contributed by atoms with van der Waals surface area (Å²) < 4.78 is 6.62. The number of nitrogens with zero attached hydrogens (tertiary/aromatic N) is 2. The molecular weight excluding hydrogens is 354 g/mol. The Kier molecular flexibility index (Phi) is 5.73. The van der Waals surface area contributed by atoms with E-state index in [9.17, 15) is 9.59 Å². The third-order valence-electron chi connectivity index (χ3n) is 4.19. The predicted octanol–water partition coefficient (Wildman–Crippen LogP) is 3.58. The molecule has 7 heteroatoms. The molecule has 3 rings (SSSR count). The maximum atomic E-state index is 12.0. The minimum Gasteiger partial charge on any atom is -0.456 e. The lowest BCUT2D eigenvalue weighted by Crippen LogP contribution is -2.22. The quantitative estimate of drug-likeness (QED) is 0.620. The van der Waals surface area contributed by atoms with Gasteiger partial charge in [-0.15, -0.1) is 0 Å². The Morgan fingerprint density at radius 1 is 1.35 bits per heavy atom. The molecule has 0 radical (unpaired) electrons. The third kappa shape index (κ3) is 4.73. The molecule has 1 aromatic heterocycles. The predicted molar refractivity (Wildman–Crippen MR) is 99.7 cm³/mol. The van der Waals surface area contributed by atoms with Gasteiger partial charge in [0, 0.05) is 23.7 Å². The molecule has 1 atom stereocenters. The summed E-state index contributed by atoms with van der Waals surface area (Å²) in [5.41, 5.74) is 1.60. The van der Waals surface area contributed by atoms with Gasteiger partial charge in [-0.1, -0.05) is 35.9 Å². The number of halogens is 1. The van der Waals surface area contributed by atoms with E-state index in [4.69, 9.17) is 16.3 Å². The van der Waals surface area contributed by atoms with Gasteiger partial charge in [-0.2, -0.15) is 5.10 Å². The number of benzene rings is 1. The summed E-state index contributed by atoms with van der Waals surface area (Å²) in [7, 11) is 1.73. The maximum Gasteiger partial charge on any atom is 0.306 e. The van der Waals surface area contributed by atoms with Gasteiger partial charge in [0.05, 0.1) is 12.1 Å². The Hall–Kier alpha value is -2.60. The molecule has 0 spiro atoms. The molecule has 1 N–H and O–H groups in total. The summed E-state index contributed by atoms with van der Waals surface area (Å²) in [4.78, 5) is 23.8. The lowest BCUT2D eigenvalue weighted by atomic mass is 10.1. The van der Waals surface area contributed by atoms with Gasteiger partial charge in [-0.3, -0.25) is 14.3 Å². The Bertz CT molecular complexity index is 827. The first-order valence-electron chi connectivity index (χ1n) is 8.43. The number of hydrogen-bond donors (Lipinski definition) is 1. The standard InChI is InChI=1S/C19H20ClN3O3/c1-23-17(11-16(22-23)14-6-8-15(20)9-7-14)21-18(24)12-26-19(25)10-13-4-2-3-5-13/h2,4,6-9,11,13H,3,5,10,12H2,1H3,(H,21,24)/t13-/m1/s1. The van der Waals surface area contributed by atoms with Gasteiger partial charge < -0.3 is 10.1 Å². The van der Waals surface area contributed by atoms with E-state index in [1.807, 2.05) is 18.2 Å². The molecule has 1 amide bonds. The second-order valence-corrected chi connectivity index (χ2v) is 6.66. The molecule has 0 saturated carbocycles. The zero-order valence-electron chi connectivity index (χ0n) is 14.4. The van der Waals surface area contributed by atoms with Gasteiger partial charge >= 0.3 is 5.97 Å². The first-order chi connectivity index (χ1) is 12.5. The van der Waals surface area contributed by atoms with Crippen LogP contribution in [-0.2, 0) is 21.4 Å². The molecule has 136 valence electrons. The zero-order chi connectivity index (χ0) is 18.5. The summed E-state index contributed by atoms with van der Waals surface area (Å²) in [6, 6.07) is 9.03. The van der Waals surface area contributed by atoms with Crippen LogP contribution >= 0.6 is 11.6 Å². The molecule has 0 unspecified atom stereocenters. The molecule has 0 aliphatic heterocycles. The number of carbonyl (C=O) groups is 2. The number of carbonyl (C=O) groups excluding carboxylic acids is 2. The van der Waals surface area contributed by atoms with Crippen molar-refractivity contribution in [1.82, 2.24) is 9.78 Å². The lowest BCUT2D eigenvalue weighted by Gasteiger charge is -2.08. The molecule has 0 saturated heterocycles. The average Bonchev–Trinajstić information content (AvgIpc) is 3.24. The number of amides is 1. The van der Waals surface area contributed by atoms with Crippen LogP contribution < -0.4 is 5.32 Å². The minimum atomic E-state index is -0.397. The first-order valence-corrected chi connectivity index (χ1v) is 8.81. The number of esters is 1. The highest BCUT2D eigenvalue weighted by atomic mass is 35.5. The van der Waals surface area contributed by atoms with E-state index in [1.54, 1.807) is 29.9 Å². The second kappa shape index (κ2) is 8.19. The van der Waals surface area contributed by atoms with Gasteiger partial charge in [0.2, 0.25) is 0 Å². The maximum absolute atomic E-state index is 12.0. The van der Waals surface area contributed by atoms with E-state index in [0.717, 1.165) is 18.4 Å². The van der Waals surface area contributed by atoms with E-state index in [1.165, 1.54) is 0 Å². The second-order valence-electron chi connectivity index (χ2n) is 6.22. The van der Waals surface area contributed by atoms with Crippen molar-refractivity contribution in [2.24, 2.45) is 13.0 Å². The van der Waals surface area contributed by atoms with Crippen molar-refractivity contribution in [3.05, 3.63) is 47.5 Å². The molecule has 1 aromatic carbocycles. The van der Waals surface area contributed by atoms with Crippen LogP contribution in [0, 0.1) is 5.92 Å². The Balaban J connectivity index is 1.53. The molecule has 26 heavy (non-hydrogen) atoms. The highest BCUT2D eigenvalue weighted by Gasteiger charge is 2.16. The van der Waals surface area contributed by atoms with Crippen molar-refractivity contribution < 1.29 is 14.3 Å². The van der Waals surface area contributed by atoms with Crippen LogP contribution in [0.4, 0.5) is 5.82 Å². The SMILES string of the molecule is Cn1nc(-c2ccc(Cl)cc2)cc1NC(=O)COC(=O)C[C@@H]1C=CCC1. The van der Waals surface area contributed by atoms with Crippen LogP contribution in [0.25, 0.3) is 11.3 Å². The molecule has 1 heterocycles. The monoisotopic (exact) mass is 373 g/mol. The topological polar surface area (TPSA) is 73.2 Å². The van der Waals surface area contributed by atoms with Crippen molar-refractivity contribution in [3.63, 3.8) is 0 Å². The number of aryl methyl sites for hydroxylation is 1. The highest BCUT2D eigenvalue weighted by molar-refractivity contribution is 6.30. The molecule has 0 bridgehead atoms. The van der Waals surface area contributed by atoms with Crippen molar-refractivity contribution in [2.45, 2.75) is 19.3 Å². The van der Waals surface area contributed by atoms with E-state index in [2.05, 4.69) is 16.5 Å². The smallest absolute Gasteiger partial charge is 0.306 e. The third-order valence-corrected chi connectivity index (χ3v) is 4.44. The number of aromatic nitrogens is 2. The number of anilines is 1. The van der Waals surface area contributed by atoms with Crippen LogP contribution in [0.2, 0.25) is 5.02 Å². The van der Waals surface area contributed by atoms with Crippen LogP contribution in [0.15, 0.2) is 42.5 Å². The highest BCUT2D eigenvalue weighted by Crippen LogP contribution is 2.23. The van der Waals surface area contributed by atoms with Crippen LogP contribution in [0.5, 0.6) is 0 Å². The molecular formula is C19H20ClN3O3. The number of nitrogens with one attached hydrogen (secondary N) is 1. The van der Waals surface area contributed by atoms with Crippen molar-refractivity contribution in [1.29, 1.82) is 0 Å². The fraction of sp³-hybridized carbons (Fsp3) is 0.316. The number of ether oxygens (including phenoxy) is 1. The Labute approximate surface area is 156 Å². The van der Waals surface area contributed by atoms with Crippen molar-refractivity contribution >= 4 is 29.3 Å². The van der Waals surface area contributed by atoms with Crippen LogP contribution in [0.3, 0.4) is 0 Å². The van der Waals surface area contributed by atoms with Crippen molar-refractivity contribution in [2.75, 3.05) is 11.9 Å². The minimum absolute atomic E-state index is 0.226. The summed E-state index contributed by atoms with van der Waals surface area (Å²) in [6.07, 6.45) is 6.36. The average molecular weight is 374 g/mol. The fourth-order valence-electron chi connectivity index (χ4n) is 2.81. The largest absolute Gasteiger partial charge is 0.456 e. The summed E-state index contributed by atoms with van der Waals surface area (Å²) >= 11 is 5.89. The Morgan fingerprint density at radius 3 is 2.81 bits per heavy atom. The van der Waals surface area contributed by atoms with E-state index < -0.39 is 5.91 Å². The van der Waals surface area contributed by atoms with Crippen molar-refractivity contribution in [3.8, 4) is 11.3 Å². The molecule has 1 aliphatic rings. The number of allylic oxidation sites excluding steroid dienone is 2. The van der Waals surface area contributed by atoms with E-state index in [0.29, 0.717) is 23.0 Å². The molecule has 2 aromatic rings. The lowest BCUT2D eigenvalue weighted by molar-refractivity contribution is -0.147. The van der Waals surface area contributed by atoms with Crippen LogP contribution in [0.1, 0.15) is 19.3 Å². The van der Waals surface area contributed by atoms with Gasteiger partial charge in [0.15, 0.2) is 6.61 Å². The van der Waals surface area contributed by atoms with Gasteiger partial charge in [-0.25, -0.2) is 0 Å². The molecule has 1 aliphatic carbocycles. The van der Waals surface area contributed by atoms with Gasteiger partial charge in [-0.05, 0) is 30.9 Å². The summed E-state index contributed by atoms with van der Waals surface area (Å²) in [5, 5.41) is 7.72. The zero-order valence-corrected chi connectivity index (χ0v) is 15.2. The molecule has 6 nitrogen and oxygen atoms in total. The summed E-state index contributed by atoms with van der Waals surface area (Å²) in [5.74, 6) is -0.00572. The van der Waals surface area contributed by atoms with E-state index >= 15 is 0 Å². The van der Waals surface area contributed by atoms with Gasteiger partial charge in [0.1, 0.15) is 5.82 Å². The van der Waals surface area contributed by atoms with Gasteiger partial charge in [0.25, 0.3) is 5.91 Å². The van der Waals surface area contributed by atoms with E-state index in [-0.39, 0.29) is 18.5 Å². The molecule has 0 fully saturated rings. The van der Waals surface area contributed by atoms with Crippen LogP contribution in [-0.4, -0.2) is 28.3 Å². The summed E-state index contributed by atoms with van der Waals surface area (Å²) in [6.45, 7) is -0.309. The normalized spacial score (nSPS) is 15.8. The number of hydrogen-bond acceptors (Lipinski definition) is 4. The first kappa shape index (κ1) is 18.2.